The van der Waals surface area contributed by atoms with E-state index in [1.54, 1.807) is 7.11 Å². The third-order valence-electron chi connectivity index (χ3n) is 5.57. The van der Waals surface area contributed by atoms with Gasteiger partial charge in [-0.25, -0.2) is 0 Å². The Labute approximate surface area is 192 Å². The minimum Gasteiger partial charge on any atom is -0.466 e. The molecule has 0 amide bonds. The third kappa shape index (κ3) is 25.0. The molecular formula is C26H50O5. The van der Waals surface area contributed by atoms with Gasteiger partial charge in [0.05, 0.1) is 13.2 Å². The topological polar surface area (TPSA) is 61.8 Å². The van der Waals surface area contributed by atoms with Crippen LogP contribution in [-0.2, 0) is 23.8 Å². The number of carbonyl (C=O) groups is 2. The summed E-state index contributed by atoms with van der Waals surface area (Å²) >= 11 is 0. The van der Waals surface area contributed by atoms with E-state index in [1.165, 1.54) is 89.9 Å². The fourth-order valence-electron chi connectivity index (χ4n) is 3.60. The Morgan fingerprint density at radius 2 is 0.871 bits per heavy atom. The second-order valence-corrected chi connectivity index (χ2v) is 8.59. The smallest absolute Gasteiger partial charge is 0.305 e. The van der Waals surface area contributed by atoms with Crippen LogP contribution in [0.1, 0.15) is 129 Å². The Morgan fingerprint density at radius 1 is 0.484 bits per heavy atom. The molecule has 0 unspecified atom stereocenters. The Kier molecular flexibility index (Phi) is 24.3. The summed E-state index contributed by atoms with van der Waals surface area (Å²) in [5, 5.41) is 0. The fraction of sp³-hybridized carbons (Fsp3) is 0.923. The van der Waals surface area contributed by atoms with E-state index in [0.717, 1.165) is 12.8 Å². The fourth-order valence-corrected chi connectivity index (χ4v) is 3.60. The first-order valence-electron chi connectivity index (χ1n) is 13.0. The van der Waals surface area contributed by atoms with Crippen molar-refractivity contribution in [3.63, 3.8) is 0 Å². The molecule has 0 atom stereocenters. The summed E-state index contributed by atoms with van der Waals surface area (Å²) in [6.07, 6.45) is 22.3. The van der Waals surface area contributed by atoms with E-state index in [0.29, 0.717) is 19.6 Å². The molecule has 5 nitrogen and oxygen atoms in total. The van der Waals surface area contributed by atoms with Crippen molar-refractivity contribution < 1.29 is 23.8 Å². The zero-order chi connectivity index (χ0) is 22.8. The van der Waals surface area contributed by atoms with Gasteiger partial charge in [0.25, 0.3) is 0 Å². The van der Waals surface area contributed by atoms with Gasteiger partial charge >= 0.3 is 11.9 Å². The van der Waals surface area contributed by atoms with E-state index in [9.17, 15) is 9.59 Å². The molecule has 0 rings (SSSR count). The molecule has 0 fully saturated rings. The molecule has 0 aromatic carbocycles. The minimum atomic E-state index is -0.289. The predicted octanol–water partition coefficient (Wildman–Crippen LogP) is 7.15. The largest absolute Gasteiger partial charge is 0.466 e. The lowest BCUT2D eigenvalue weighted by molar-refractivity contribution is -0.146. The number of ether oxygens (including phenoxy) is 3. The van der Waals surface area contributed by atoms with Crippen LogP contribution >= 0.6 is 0 Å². The Morgan fingerprint density at radius 3 is 1.29 bits per heavy atom. The van der Waals surface area contributed by atoms with E-state index < -0.39 is 0 Å². The van der Waals surface area contributed by atoms with Crippen molar-refractivity contribution in [2.75, 3.05) is 26.9 Å². The maximum absolute atomic E-state index is 11.7. The number of hydrogen-bond acceptors (Lipinski definition) is 5. The minimum absolute atomic E-state index is 0.217. The molecule has 0 heterocycles. The summed E-state index contributed by atoms with van der Waals surface area (Å²) in [7, 11) is 1.56. The number of hydrogen-bond donors (Lipinski definition) is 0. The van der Waals surface area contributed by atoms with Gasteiger partial charge in [-0.3, -0.25) is 9.59 Å². The van der Waals surface area contributed by atoms with E-state index in [4.69, 9.17) is 14.2 Å². The number of methoxy groups -OCH3 is 1. The van der Waals surface area contributed by atoms with Gasteiger partial charge < -0.3 is 14.2 Å². The normalized spacial score (nSPS) is 10.9. The van der Waals surface area contributed by atoms with Crippen molar-refractivity contribution >= 4 is 11.9 Å². The lowest BCUT2D eigenvalue weighted by atomic mass is 10.0. The SMILES string of the molecule is CCCCCCCCCCCCCCCCCCOC(=O)CCCC(=O)OCCOC. The lowest BCUT2D eigenvalue weighted by Crippen LogP contribution is -2.11. The molecule has 31 heavy (non-hydrogen) atoms. The average molecular weight is 443 g/mol. The molecule has 0 aliphatic rings. The molecule has 0 radical (unpaired) electrons. The Balaban J connectivity index is 3.20. The first-order valence-corrected chi connectivity index (χ1v) is 13.0. The lowest BCUT2D eigenvalue weighted by Gasteiger charge is -2.06. The maximum atomic E-state index is 11.7. The summed E-state index contributed by atoms with van der Waals surface area (Å²) < 4.78 is 15.0. The molecule has 0 aliphatic carbocycles. The standard InChI is InChI=1S/C26H50O5/c1-3-4-5-6-7-8-9-10-11-12-13-14-15-16-17-18-22-30-25(27)20-19-21-26(28)31-24-23-29-2/h3-24H2,1-2H3. The summed E-state index contributed by atoms with van der Waals surface area (Å²) in [6.45, 7) is 3.43. The molecule has 0 N–H and O–H groups in total. The molecule has 0 spiro atoms. The highest BCUT2D eigenvalue weighted by Crippen LogP contribution is 2.13. The zero-order valence-electron chi connectivity index (χ0n) is 20.6. The van der Waals surface area contributed by atoms with Gasteiger partial charge in [-0.05, 0) is 12.8 Å². The average Bonchev–Trinajstić information content (AvgIpc) is 2.76. The van der Waals surface area contributed by atoms with Gasteiger partial charge in [-0.2, -0.15) is 0 Å². The molecule has 184 valence electrons. The Hall–Kier alpha value is -1.10. The van der Waals surface area contributed by atoms with Crippen LogP contribution < -0.4 is 0 Å². The van der Waals surface area contributed by atoms with Crippen LogP contribution in [0.2, 0.25) is 0 Å². The van der Waals surface area contributed by atoms with Gasteiger partial charge in [0.1, 0.15) is 6.61 Å². The first kappa shape index (κ1) is 29.9. The second-order valence-electron chi connectivity index (χ2n) is 8.59. The molecule has 0 aromatic rings. The Bertz CT molecular complexity index is 397. The van der Waals surface area contributed by atoms with Gasteiger partial charge in [0, 0.05) is 20.0 Å². The highest BCUT2D eigenvalue weighted by Gasteiger charge is 2.07. The van der Waals surface area contributed by atoms with Crippen LogP contribution in [0.4, 0.5) is 0 Å². The predicted molar refractivity (Wildman–Crippen MR) is 127 cm³/mol. The van der Waals surface area contributed by atoms with Crippen LogP contribution in [0, 0.1) is 0 Å². The second kappa shape index (κ2) is 25.2. The van der Waals surface area contributed by atoms with Crippen molar-refractivity contribution in [1.29, 1.82) is 0 Å². The summed E-state index contributed by atoms with van der Waals surface area (Å²) in [5.41, 5.74) is 0. The number of esters is 2. The van der Waals surface area contributed by atoms with E-state index in [1.807, 2.05) is 0 Å². The monoisotopic (exact) mass is 442 g/mol. The van der Waals surface area contributed by atoms with Crippen molar-refractivity contribution in [2.45, 2.75) is 129 Å². The molecule has 5 heteroatoms. The van der Waals surface area contributed by atoms with Crippen LogP contribution in [-0.4, -0.2) is 38.9 Å². The first-order chi connectivity index (χ1) is 15.2. The molecule has 0 saturated heterocycles. The molecule has 0 saturated carbocycles. The van der Waals surface area contributed by atoms with Crippen LogP contribution in [0.5, 0.6) is 0 Å². The van der Waals surface area contributed by atoms with Crippen molar-refractivity contribution in [3.05, 3.63) is 0 Å². The molecule has 0 aromatic heterocycles. The molecule has 0 aliphatic heterocycles. The van der Waals surface area contributed by atoms with E-state index in [-0.39, 0.29) is 31.4 Å². The highest BCUT2D eigenvalue weighted by atomic mass is 16.6. The summed E-state index contributed by atoms with van der Waals surface area (Å²) in [6, 6.07) is 0. The molecular weight excluding hydrogens is 392 g/mol. The van der Waals surface area contributed by atoms with Crippen LogP contribution in [0.25, 0.3) is 0 Å². The van der Waals surface area contributed by atoms with Gasteiger partial charge in [-0.15, -0.1) is 0 Å². The van der Waals surface area contributed by atoms with Gasteiger partial charge in [0.2, 0.25) is 0 Å². The van der Waals surface area contributed by atoms with E-state index in [2.05, 4.69) is 6.92 Å². The van der Waals surface area contributed by atoms with E-state index >= 15 is 0 Å². The summed E-state index contributed by atoms with van der Waals surface area (Å²) in [5.74, 6) is -0.506. The third-order valence-corrected chi connectivity index (χ3v) is 5.57. The number of carbonyl (C=O) groups excluding carboxylic acids is 2. The van der Waals surface area contributed by atoms with Crippen molar-refractivity contribution in [3.8, 4) is 0 Å². The highest BCUT2D eigenvalue weighted by molar-refractivity contribution is 5.72. The summed E-state index contributed by atoms with van der Waals surface area (Å²) in [4.78, 5) is 23.0. The van der Waals surface area contributed by atoms with Crippen LogP contribution in [0.15, 0.2) is 0 Å². The number of unbranched alkanes of at least 4 members (excludes halogenated alkanes) is 15. The van der Waals surface area contributed by atoms with Crippen molar-refractivity contribution in [2.24, 2.45) is 0 Å². The van der Waals surface area contributed by atoms with Gasteiger partial charge in [0.15, 0.2) is 0 Å². The maximum Gasteiger partial charge on any atom is 0.305 e. The van der Waals surface area contributed by atoms with Gasteiger partial charge in [-0.1, -0.05) is 103 Å². The molecule has 0 bridgehead atoms. The number of rotatable bonds is 24. The van der Waals surface area contributed by atoms with Crippen molar-refractivity contribution in [1.82, 2.24) is 0 Å². The quantitative estimate of drug-likeness (QED) is 0.117. The van der Waals surface area contributed by atoms with Crippen LogP contribution in [0.3, 0.4) is 0 Å². The zero-order valence-corrected chi connectivity index (χ0v) is 20.6.